The van der Waals surface area contributed by atoms with E-state index in [1.54, 1.807) is 32.1 Å². The standard InChI is InChI=1S/C14H14ClNO4/c1-3-20-14(17)10(2)5-4-6-11-9-12(16(18)19)7-8-13(11)15/h4-9H,3H2,1-2H3. The molecule has 1 aromatic rings. The third-order valence-electron chi connectivity index (χ3n) is 2.41. The Balaban J connectivity index is 2.90. The van der Waals surface area contributed by atoms with E-state index in [1.165, 1.54) is 18.2 Å². The van der Waals surface area contributed by atoms with Crippen molar-refractivity contribution in [3.05, 3.63) is 56.6 Å². The quantitative estimate of drug-likeness (QED) is 0.272. The zero-order valence-electron chi connectivity index (χ0n) is 11.1. The number of esters is 1. The lowest BCUT2D eigenvalue weighted by atomic mass is 10.1. The molecule has 0 atom stereocenters. The van der Waals surface area contributed by atoms with Gasteiger partial charge in [-0.05, 0) is 25.5 Å². The first kappa shape index (κ1) is 15.9. The average molecular weight is 296 g/mol. The highest BCUT2D eigenvalue weighted by atomic mass is 35.5. The molecule has 0 bridgehead atoms. The van der Waals surface area contributed by atoms with Gasteiger partial charge in [-0.3, -0.25) is 10.1 Å². The SMILES string of the molecule is CCOC(=O)C(C)=CC=Cc1cc([N+](=O)[O-])ccc1Cl. The van der Waals surface area contributed by atoms with Gasteiger partial charge in [-0.15, -0.1) is 0 Å². The molecule has 0 saturated carbocycles. The largest absolute Gasteiger partial charge is 0.463 e. The summed E-state index contributed by atoms with van der Waals surface area (Å²) < 4.78 is 4.82. The predicted octanol–water partition coefficient (Wildman–Crippen LogP) is 3.77. The van der Waals surface area contributed by atoms with E-state index < -0.39 is 10.9 Å². The van der Waals surface area contributed by atoms with Crippen LogP contribution in [0.15, 0.2) is 35.9 Å². The Bertz CT molecular complexity index is 579. The molecule has 5 nitrogen and oxygen atoms in total. The number of non-ortho nitro benzene ring substituents is 1. The van der Waals surface area contributed by atoms with Crippen molar-refractivity contribution in [1.82, 2.24) is 0 Å². The van der Waals surface area contributed by atoms with Gasteiger partial charge in [0, 0.05) is 22.7 Å². The van der Waals surface area contributed by atoms with Crippen molar-refractivity contribution in [2.45, 2.75) is 13.8 Å². The van der Waals surface area contributed by atoms with Crippen molar-refractivity contribution in [3.63, 3.8) is 0 Å². The van der Waals surface area contributed by atoms with Gasteiger partial charge in [0.1, 0.15) is 0 Å². The number of rotatable bonds is 5. The highest BCUT2D eigenvalue weighted by Crippen LogP contribution is 2.23. The molecular weight excluding hydrogens is 282 g/mol. The van der Waals surface area contributed by atoms with Crippen LogP contribution in [0.5, 0.6) is 0 Å². The zero-order valence-corrected chi connectivity index (χ0v) is 11.9. The summed E-state index contributed by atoms with van der Waals surface area (Å²) in [7, 11) is 0. The molecule has 1 aromatic carbocycles. The number of carbonyl (C=O) groups is 1. The van der Waals surface area contributed by atoms with Crippen molar-refractivity contribution in [2.24, 2.45) is 0 Å². The maximum atomic E-state index is 11.4. The van der Waals surface area contributed by atoms with Gasteiger partial charge in [0.2, 0.25) is 0 Å². The van der Waals surface area contributed by atoms with Gasteiger partial charge in [0.05, 0.1) is 11.5 Å². The Morgan fingerprint density at radius 1 is 1.50 bits per heavy atom. The molecule has 0 amide bonds. The van der Waals surface area contributed by atoms with Gasteiger partial charge in [-0.1, -0.05) is 29.8 Å². The van der Waals surface area contributed by atoms with Crippen LogP contribution < -0.4 is 0 Å². The molecule has 0 N–H and O–H groups in total. The zero-order chi connectivity index (χ0) is 15.1. The smallest absolute Gasteiger partial charge is 0.333 e. The number of halogens is 1. The van der Waals surface area contributed by atoms with Crippen molar-refractivity contribution < 1.29 is 14.5 Å². The van der Waals surface area contributed by atoms with Crippen molar-refractivity contribution in [3.8, 4) is 0 Å². The van der Waals surface area contributed by atoms with Crippen LogP contribution in [-0.4, -0.2) is 17.5 Å². The number of benzene rings is 1. The van der Waals surface area contributed by atoms with Gasteiger partial charge < -0.3 is 4.74 Å². The lowest BCUT2D eigenvalue weighted by Crippen LogP contribution is -2.04. The van der Waals surface area contributed by atoms with E-state index in [4.69, 9.17) is 16.3 Å². The number of hydrogen-bond donors (Lipinski definition) is 0. The van der Waals surface area contributed by atoms with Crippen LogP contribution in [0.1, 0.15) is 19.4 Å². The summed E-state index contributed by atoms with van der Waals surface area (Å²) >= 11 is 5.94. The molecule has 1 rings (SSSR count). The third kappa shape index (κ3) is 4.51. The minimum atomic E-state index is -0.493. The summed E-state index contributed by atoms with van der Waals surface area (Å²) in [5.74, 6) is -0.401. The van der Waals surface area contributed by atoms with E-state index in [-0.39, 0.29) is 5.69 Å². The fraction of sp³-hybridized carbons (Fsp3) is 0.214. The molecule has 0 aliphatic rings. The van der Waals surface area contributed by atoms with Gasteiger partial charge in [0.15, 0.2) is 0 Å². The van der Waals surface area contributed by atoms with Crippen LogP contribution >= 0.6 is 11.6 Å². The first-order valence-electron chi connectivity index (χ1n) is 5.91. The molecule has 0 fully saturated rings. The molecule has 6 heteroatoms. The second kappa shape index (κ2) is 7.45. The van der Waals surface area contributed by atoms with E-state index in [9.17, 15) is 14.9 Å². The Labute approximate surface area is 121 Å². The second-order valence-corrected chi connectivity index (χ2v) is 4.30. The van der Waals surface area contributed by atoms with Crippen LogP contribution in [-0.2, 0) is 9.53 Å². The summed E-state index contributed by atoms with van der Waals surface area (Å²) in [4.78, 5) is 21.5. The number of ether oxygens (including phenoxy) is 1. The molecule has 0 aliphatic carbocycles. The molecule has 0 spiro atoms. The van der Waals surface area contributed by atoms with E-state index in [0.29, 0.717) is 22.8 Å². The molecule has 20 heavy (non-hydrogen) atoms. The predicted molar refractivity (Wildman–Crippen MR) is 77.5 cm³/mol. The number of nitro groups is 1. The molecule has 0 aromatic heterocycles. The van der Waals surface area contributed by atoms with Crippen molar-refractivity contribution in [1.29, 1.82) is 0 Å². The summed E-state index contributed by atoms with van der Waals surface area (Å²) in [5.41, 5.74) is 0.901. The summed E-state index contributed by atoms with van der Waals surface area (Å²) in [6, 6.07) is 4.16. The van der Waals surface area contributed by atoms with Crippen LogP contribution in [0.3, 0.4) is 0 Å². The fourth-order valence-corrected chi connectivity index (χ4v) is 1.56. The van der Waals surface area contributed by atoms with Crippen LogP contribution in [0, 0.1) is 10.1 Å². The molecule has 0 heterocycles. The first-order valence-corrected chi connectivity index (χ1v) is 6.29. The van der Waals surface area contributed by atoms with E-state index in [0.717, 1.165) is 0 Å². The molecule has 0 radical (unpaired) electrons. The normalized spacial score (nSPS) is 11.7. The molecule has 0 unspecified atom stereocenters. The van der Waals surface area contributed by atoms with Gasteiger partial charge in [-0.2, -0.15) is 0 Å². The highest BCUT2D eigenvalue weighted by molar-refractivity contribution is 6.32. The Morgan fingerprint density at radius 3 is 2.80 bits per heavy atom. The second-order valence-electron chi connectivity index (χ2n) is 3.89. The average Bonchev–Trinajstić information content (AvgIpc) is 2.40. The molecule has 0 aliphatic heterocycles. The summed E-state index contributed by atoms with van der Waals surface area (Å²) in [5, 5.41) is 11.1. The first-order chi connectivity index (χ1) is 9.45. The molecule has 0 saturated heterocycles. The summed E-state index contributed by atoms with van der Waals surface area (Å²) in [6.07, 6.45) is 4.75. The van der Waals surface area contributed by atoms with Crippen LogP contribution in [0.25, 0.3) is 6.08 Å². The van der Waals surface area contributed by atoms with Crippen LogP contribution in [0.4, 0.5) is 5.69 Å². The Morgan fingerprint density at radius 2 is 2.20 bits per heavy atom. The van der Waals surface area contributed by atoms with Crippen molar-refractivity contribution in [2.75, 3.05) is 6.61 Å². The van der Waals surface area contributed by atoms with Crippen LogP contribution in [0.2, 0.25) is 5.02 Å². The number of carbonyl (C=O) groups excluding carboxylic acids is 1. The van der Waals surface area contributed by atoms with Gasteiger partial charge in [0.25, 0.3) is 5.69 Å². The maximum absolute atomic E-state index is 11.4. The topological polar surface area (TPSA) is 69.4 Å². The number of nitrogens with zero attached hydrogens (tertiary/aromatic N) is 1. The summed E-state index contributed by atoms with van der Waals surface area (Å²) in [6.45, 7) is 3.66. The third-order valence-corrected chi connectivity index (χ3v) is 2.75. The number of allylic oxidation sites excluding steroid dienone is 2. The fourth-order valence-electron chi connectivity index (χ4n) is 1.38. The van der Waals surface area contributed by atoms with Crippen molar-refractivity contribution >= 4 is 29.3 Å². The maximum Gasteiger partial charge on any atom is 0.333 e. The number of hydrogen-bond acceptors (Lipinski definition) is 4. The van der Waals surface area contributed by atoms with E-state index in [2.05, 4.69) is 0 Å². The number of nitro benzene ring substituents is 1. The van der Waals surface area contributed by atoms with E-state index >= 15 is 0 Å². The van der Waals surface area contributed by atoms with E-state index in [1.807, 2.05) is 0 Å². The lowest BCUT2D eigenvalue weighted by molar-refractivity contribution is -0.384. The minimum Gasteiger partial charge on any atom is -0.463 e. The Hall–Kier alpha value is -2.14. The lowest BCUT2D eigenvalue weighted by Gasteiger charge is -2.00. The highest BCUT2D eigenvalue weighted by Gasteiger charge is 2.07. The molecule has 106 valence electrons. The van der Waals surface area contributed by atoms with Gasteiger partial charge in [-0.25, -0.2) is 4.79 Å². The van der Waals surface area contributed by atoms with Gasteiger partial charge >= 0.3 is 5.97 Å². The molecular formula is C14H14ClNO4. The Kier molecular flexibility index (Phi) is 5.93. The minimum absolute atomic E-state index is 0.0415. The monoisotopic (exact) mass is 295 g/mol.